The zero-order chi connectivity index (χ0) is 8.20. The summed E-state index contributed by atoms with van der Waals surface area (Å²) in [5.41, 5.74) is 0.215. The molecular formula is C7H9F3. The number of halogens is 3. The van der Waals surface area contributed by atoms with E-state index in [0.29, 0.717) is 0 Å². The second-order valence-corrected chi connectivity index (χ2v) is 1.86. The summed E-state index contributed by atoms with van der Waals surface area (Å²) in [7, 11) is 0. The van der Waals surface area contributed by atoms with E-state index in [0.717, 1.165) is 0 Å². The van der Waals surface area contributed by atoms with Gasteiger partial charge in [-0.05, 0) is 12.5 Å². The quantitative estimate of drug-likeness (QED) is 0.530. The average molecular weight is 150 g/mol. The van der Waals surface area contributed by atoms with Gasteiger partial charge in [-0.1, -0.05) is 18.7 Å². The second-order valence-electron chi connectivity index (χ2n) is 1.86. The first-order valence-corrected chi connectivity index (χ1v) is 2.84. The van der Waals surface area contributed by atoms with Crippen molar-refractivity contribution in [3.8, 4) is 0 Å². The van der Waals surface area contributed by atoms with E-state index in [1.165, 1.54) is 12.2 Å². The molecule has 0 bridgehead atoms. The number of allylic oxidation sites excluding steroid dienone is 3. The van der Waals surface area contributed by atoms with E-state index in [2.05, 4.69) is 6.58 Å². The van der Waals surface area contributed by atoms with Gasteiger partial charge >= 0.3 is 6.18 Å². The zero-order valence-electron chi connectivity index (χ0n) is 5.70. The van der Waals surface area contributed by atoms with Crippen LogP contribution in [-0.4, -0.2) is 6.18 Å². The van der Waals surface area contributed by atoms with E-state index in [1.54, 1.807) is 6.92 Å². The highest BCUT2D eigenvalue weighted by atomic mass is 19.4. The first kappa shape index (κ1) is 9.27. The number of hydrogen-bond donors (Lipinski definition) is 0. The maximum atomic E-state index is 11.6. The minimum atomic E-state index is -4.12. The van der Waals surface area contributed by atoms with Gasteiger partial charge in [-0.3, -0.25) is 0 Å². The van der Waals surface area contributed by atoms with Crippen molar-refractivity contribution in [1.29, 1.82) is 0 Å². The molecule has 0 nitrogen and oxygen atoms in total. The fraction of sp³-hybridized carbons (Fsp3) is 0.429. The van der Waals surface area contributed by atoms with Crippen molar-refractivity contribution < 1.29 is 13.2 Å². The Morgan fingerprint density at radius 3 is 2.10 bits per heavy atom. The number of hydrogen-bond acceptors (Lipinski definition) is 0. The lowest BCUT2D eigenvalue weighted by molar-refractivity contribution is -0.126. The Bertz CT molecular complexity index is 141. The standard InChI is InChI=1S/C7H9F3/c1-3-6(4-2)5-7(8,9)10/h3-4H,1,5H2,2H3/b6-4+. The lowest BCUT2D eigenvalue weighted by Gasteiger charge is -2.05. The number of rotatable bonds is 2. The van der Waals surface area contributed by atoms with E-state index in [1.807, 2.05) is 0 Å². The molecular weight excluding hydrogens is 141 g/mol. The molecule has 0 aromatic carbocycles. The lowest BCUT2D eigenvalue weighted by atomic mass is 10.2. The van der Waals surface area contributed by atoms with Crippen molar-refractivity contribution >= 4 is 0 Å². The predicted molar refractivity (Wildman–Crippen MR) is 34.6 cm³/mol. The highest BCUT2D eigenvalue weighted by Crippen LogP contribution is 2.24. The molecule has 10 heavy (non-hydrogen) atoms. The molecule has 0 saturated heterocycles. The van der Waals surface area contributed by atoms with Crippen molar-refractivity contribution in [2.45, 2.75) is 19.5 Å². The SMILES string of the molecule is C=C/C(=C\C)CC(F)(F)F. The third kappa shape index (κ3) is 4.18. The van der Waals surface area contributed by atoms with Crippen molar-refractivity contribution in [3.63, 3.8) is 0 Å². The molecule has 0 aliphatic carbocycles. The molecule has 0 aliphatic heterocycles. The largest absolute Gasteiger partial charge is 0.393 e. The molecule has 0 saturated carbocycles. The van der Waals surface area contributed by atoms with E-state index in [4.69, 9.17) is 0 Å². The van der Waals surface area contributed by atoms with Crippen LogP contribution in [0.15, 0.2) is 24.3 Å². The highest BCUT2D eigenvalue weighted by Gasteiger charge is 2.27. The van der Waals surface area contributed by atoms with Gasteiger partial charge in [0.2, 0.25) is 0 Å². The summed E-state index contributed by atoms with van der Waals surface area (Å²) in [6.45, 7) is 4.81. The van der Waals surface area contributed by atoms with Gasteiger partial charge in [0, 0.05) is 0 Å². The van der Waals surface area contributed by atoms with Crippen LogP contribution < -0.4 is 0 Å². The monoisotopic (exact) mass is 150 g/mol. The molecule has 0 rings (SSSR count). The molecule has 0 spiro atoms. The van der Waals surface area contributed by atoms with Crippen LogP contribution in [0.1, 0.15) is 13.3 Å². The smallest absolute Gasteiger partial charge is 0.171 e. The zero-order valence-corrected chi connectivity index (χ0v) is 5.70. The van der Waals surface area contributed by atoms with Crippen LogP contribution in [0.5, 0.6) is 0 Å². The van der Waals surface area contributed by atoms with E-state index in [-0.39, 0.29) is 5.57 Å². The molecule has 0 amide bonds. The van der Waals surface area contributed by atoms with Crippen LogP contribution in [-0.2, 0) is 0 Å². The first-order chi connectivity index (χ1) is 4.49. The molecule has 0 radical (unpaired) electrons. The summed E-state index contributed by atoms with van der Waals surface area (Å²) in [4.78, 5) is 0. The van der Waals surface area contributed by atoms with Crippen LogP contribution >= 0.6 is 0 Å². The van der Waals surface area contributed by atoms with Crippen LogP contribution in [0, 0.1) is 0 Å². The van der Waals surface area contributed by atoms with Crippen molar-refractivity contribution in [2.75, 3.05) is 0 Å². The Morgan fingerprint density at radius 2 is 2.00 bits per heavy atom. The third-order valence-electron chi connectivity index (χ3n) is 1.04. The van der Waals surface area contributed by atoms with Gasteiger partial charge < -0.3 is 0 Å². The van der Waals surface area contributed by atoms with Crippen molar-refractivity contribution in [2.24, 2.45) is 0 Å². The summed E-state index contributed by atoms with van der Waals surface area (Å²) in [5, 5.41) is 0. The minimum absolute atomic E-state index is 0.215. The second kappa shape index (κ2) is 3.44. The van der Waals surface area contributed by atoms with Crippen LogP contribution in [0.2, 0.25) is 0 Å². The Morgan fingerprint density at radius 1 is 1.50 bits per heavy atom. The molecule has 58 valence electrons. The molecule has 0 aromatic rings. The maximum Gasteiger partial charge on any atom is 0.393 e. The van der Waals surface area contributed by atoms with Crippen molar-refractivity contribution in [3.05, 3.63) is 24.3 Å². The molecule has 0 aromatic heterocycles. The van der Waals surface area contributed by atoms with E-state index < -0.39 is 12.6 Å². The van der Waals surface area contributed by atoms with Gasteiger partial charge in [0.05, 0.1) is 6.42 Å². The van der Waals surface area contributed by atoms with Crippen LogP contribution in [0.4, 0.5) is 13.2 Å². The fourth-order valence-corrected chi connectivity index (χ4v) is 0.524. The normalized spacial score (nSPS) is 13.4. The Hall–Kier alpha value is -0.730. The van der Waals surface area contributed by atoms with Gasteiger partial charge in [-0.2, -0.15) is 13.2 Å². The lowest BCUT2D eigenvalue weighted by Crippen LogP contribution is -2.07. The van der Waals surface area contributed by atoms with Gasteiger partial charge in [-0.15, -0.1) is 0 Å². The fourth-order valence-electron chi connectivity index (χ4n) is 0.524. The summed E-state index contributed by atoms with van der Waals surface area (Å²) in [6, 6.07) is 0. The molecule has 0 unspecified atom stereocenters. The van der Waals surface area contributed by atoms with E-state index in [9.17, 15) is 13.2 Å². The van der Waals surface area contributed by atoms with Crippen LogP contribution in [0.3, 0.4) is 0 Å². The third-order valence-corrected chi connectivity index (χ3v) is 1.04. The summed E-state index contributed by atoms with van der Waals surface area (Å²) >= 11 is 0. The summed E-state index contributed by atoms with van der Waals surface area (Å²) in [6.07, 6.45) is -2.38. The molecule has 0 aliphatic rings. The highest BCUT2D eigenvalue weighted by molar-refractivity contribution is 5.15. The minimum Gasteiger partial charge on any atom is -0.171 e. The maximum absolute atomic E-state index is 11.6. The first-order valence-electron chi connectivity index (χ1n) is 2.84. The van der Waals surface area contributed by atoms with Gasteiger partial charge in [0.15, 0.2) is 0 Å². The van der Waals surface area contributed by atoms with Crippen molar-refractivity contribution in [1.82, 2.24) is 0 Å². The van der Waals surface area contributed by atoms with E-state index >= 15 is 0 Å². The number of alkyl halides is 3. The van der Waals surface area contributed by atoms with Gasteiger partial charge in [0.1, 0.15) is 0 Å². The molecule has 0 atom stereocenters. The predicted octanol–water partition coefficient (Wildman–Crippen LogP) is 3.07. The molecule has 0 N–H and O–H groups in total. The molecule has 3 heteroatoms. The molecule has 0 fully saturated rings. The molecule has 0 heterocycles. The topological polar surface area (TPSA) is 0 Å². The summed E-state index contributed by atoms with van der Waals surface area (Å²) < 4.78 is 34.8. The Kier molecular flexibility index (Phi) is 3.19. The van der Waals surface area contributed by atoms with Gasteiger partial charge in [0.25, 0.3) is 0 Å². The average Bonchev–Trinajstić information content (AvgIpc) is 1.81. The summed E-state index contributed by atoms with van der Waals surface area (Å²) in [5.74, 6) is 0. The Balaban J connectivity index is 4.01. The Labute approximate surface area is 58.0 Å². The van der Waals surface area contributed by atoms with Gasteiger partial charge in [-0.25, -0.2) is 0 Å². The van der Waals surface area contributed by atoms with Crippen LogP contribution in [0.25, 0.3) is 0 Å².